The Kier molecular flexibility index (Phi) is 6.19. The fraction of sp³-hybridized carbons (Fsp3) is 0.233. The van der Waals surface area contributed by atoms with Crippen LogP contribution in [-0.4, -0.2) is 40.7 Å². The summed E-state index contributed by atoms with van der Waals surface area (Å²) in [6, 6.07) is 27.8. The van der Waals surface area contributed by atoms with Crippen molar-refractivity contribution >= 4 is 23.1 Å². The van der Waals surface area contributed by atoms with Crippen LogP contribution in [-0.2, 0) is 6.42 Å². The third-order valence-corrected chi connectivity index (χ3v) is 8.23. The highest BCUT2D eigenvalue weighted by Crippen LogP contribution is 2.54. The molecule has 0 unspecified atom stereocenters. The molecule has 4 aromatic rings. The summed E-state index contributed by atoms with van der Waals surface area (Å²) in [5.41, 5.74) is 5.65. The second kappa shape index (κ2) is 9.76. The second-order valence-corrected chi connectivity index (χ2v) is 10.4. The van der Waals surface area contributed by atoms with Gasteiger partial charge in [-0.2, -0.15) is 0 Å². The fourth-order valence-electron chi connectivity index (χ4n) is 5.32. The summed E-state index contributed by atoms with van der Waals surface area (Å²) in [6.07, 6.45) is 6.85. The minimum absolute atomic E-state index is 0.350. The Bertz CT molecular complexity index is 1300. The van der Waals surface area contributed by atoms with E-state index in [0.29, 0.717) is 11.8 Å². The standard InChI is InChI=1S/C30H29N3OS/c34-27-20-24(23-10-15-31-16-11-23)21-29-30(27)33(26-8-4-5-9-28(26)35-29)25-13-18-32(19-14-25)17-12-22-6-2-1-3-7-22/h1-11,15-16,20-21,25,34H,12-14,17-19H2. The minimum atomic E-state index is 0.350. The number of aromatic hydroxyl groups is 1. The lowest BCUT2D eigenvalue weighted by molar-refractivity contribution is 0.214. The van der Waals surface area contributed by atoms with Gasteiger partial charge in [0.2, 0.25) is 0 Å². The van der Waals surface area contributed by atoms with Gasteiger partial charge in [-0.25, -0.2) is 0 Å². The lowest BCUT2D eigenvalue weighted by Gasteiger charge is -2.43. The van der Waals surface area contributed by atoms with Crippen molar-refractivity contribution in [2.24, 2.45) is 0 Å². The van der Waals surface area contributed by atoms with Crippen LogP contribution in [0.15, 0.2) is 101 Å². The molecule has 0 radical (unpaired) electrons. The minimum Gasteiger partial charge on any atom is -0.506 e. The third kappa shape index (κ3) is 4.54. The summed E-state index contributed by atoms with van der Waals surface area (Å²) in [4.78, 5) is 11.5. The van der Waals surface area contributed by atoms with Gasteiger partial charge >= 0.3 is 0 Å². The van der Waals surface area contributed by atoms with Crippen molar-refractivity contribution < 1.29 is 5.11 Å². The molecule has 2 aliphatic rings. The van der Waals surface area contributed by atoms with E-state index in [4.69, 9.17) is 0 Å². The molecule has 1 fully saturated rings. The fourth-order valence-corrected chi connectivity index (χ4v) is 6.46. The van der Waals surface area contributed by atoms with Crippen molar-refractivity contribution in [3.05, 3.63) is 96.8 Å². The molecule has 1 N–H and O–H groups in total. The predicted molar refractivity (Wildman–Crippen MR) is 144 cm³/mol. The van der Waals surface area contributed by atoms with Crippen LogP contribution in [0.1, 0.15) is 18.4 Å². The van der Waals surface area contributed by atoms with Crippen LogP contribution in [0.2, 0.25) is 0 Å². The Morgan fingerprint density at radius 2 is 1.57 bits per heavy atom. The molecule has 2 aliphatic heterocycles. The molecule has 3 aromatic carbocycles. The van der Waals surface area contributed by atoms with Crippen molar-refractivity contribution in [1.82, 2.24) is 9.88 Å². The second-order valence-electron chi connectivity index (χ2n) is 9.33. The van der Waals surface area contributed by atoms with Crippen LogP contribution in [0.3, 0.4) is 0 Å². The molecule has 0 aliphatic carbocycles. The van der Waals surface area contributed by atoms with Gasteiger partial charge in [-0.3, -0.25) is 4.98 Å². The first-order chi connectivity index (χ1) is 17.3. The number of fused-ring (bicyclic) bond motifs is 2. The molecule has 176 valence electrons. The molecule has 0 saturated carbocycles. The van der Waals surface area contributed by atoms with E-state index in [1.165, 1.54) is 16.1 Å². The number of likely N-dealkylation sites (tertiary alicyclic amines) is 1. The van der Waals surface area contributed by atoms with E-state index in [9.17, 15) is 5.11 Å². The maximum atomic E-state index is 11.3. The zero-order chi connectivity index (χ0) is 23.6. The summed E-state index contributed by atoms with van der Waals surface area (Å²) in [5.74, 6) is 0.350. The number of piperidine rings is 1. The van der Waals surface area contributed by atoms with Gasteiger partial charge in [0, 0.05) is 47.9 Å². The zero-order valence-corrected chi connectivity index (χ0v) is 20.5. The smallest absolute Gasteiger partial charge is 0.141 e. The number of aromatic nitrogens is 1. The normalized spacial score (nSPS) is 16.1. The third-order valence-electron chi connectivity index (χ3n) is 7.14. The van der Waals surface area contributed by atoms with Gasteiger partial charge in [0.25, 0.3) is 0 Å². The van der Waals surface area contributed by atoms with E-state index in [2.05, 4.69) is 75.4 Å². The highest BCUT2D eigenvalue weighted by atomic mass is 32.2. The van der Waals surface area contributed by atoms with Crippen molar-refractivity contribution in [1.29, 1.82) is 0 Å². The average molecular weight is 480 g/mol. The molecule has 5 heteroatoms. The summed E-state index contributed by atoms with van der Waals surface area (Å²) in [5, 5.41) is 11.3. The van der Waals surface area contributed by atoms with Gasteiger partial charge < -0.3 is 14.9 Å². The van der Waals surface area contributed by atoms with E-state index in [-0.39, 0.29) is 0 Å². The summed E-state index contributed by atoms with van der Waals surface area (Å²) in [7, 11) is 0. The van der Waals surface area contributed by atoms with E-state index in [1.807, 2.05) is 18.2 Å². The molecule has 6 rings (SSSR count). The molecule has 35 heavy (non-hydrogen) atoms. The quantitative estimate of drug-likeness (QED) is 0.342. The van der Waals surface area contributed by atoms with Gasteiger partial charge in [-0.15, -0.1) is 0 Å². The highest BCUT2D eigenvalue weighted by Gasteiger charge is 2.33. The Balaban J connectivity index is 1.26. The number of hydrogen-bond acceptors (Lipinski definition) is 5. The monoisotopic (exact) mass is 479 g/mol. The lowest BCUT2D eigenvalue weighted by atomic mass is 9.99. The van der Waals surface area contributed by atoms with Crippen molar-refractivity contribution in [2.75, 3.05) is 24.5 Å². The number of pyridine rings is 1. The Morgan fingerprint density at radius 1 is 0.829 bits per heavy atom. The van der Waals surface area contributed by atoms with Crippen LogP contribution < -0.4 is 4.90 Å². The van der Waals surface area contributed by atoms with Crippen LogP contribution in [0.25, 0.3) is 11.1 Å². The molecule has 1 saturated heterocycles. The lowest BCUT2D eigenvalue weighted by Crippen LogP contribution is -2.44. The van der Waals surface area contributed by atoms with Crippen LogP contribution in [0, 0.1) is 0 Å². The molecule has 0 atom stereocenters. The van der Waals surface area contributed by atoms with Gasteiger partial charge in [-0.1, -0.05) is 54.2 Å². The number of benzene rings is 3. The zero-order valence-electron chi connectivity index (χ0n) is 19.7. The van der Waals surface area contributed by atoms with Gasteiger partial charge in [0.05, 0.1) is 11.4 Å². The number of nitrogens with zero attached hydrogens (tertiary/aromatic N) is 3. The predicted octanol–water partition coefficient (Wildman–Crippen LogP) is 6.76. The van der Waals surface area contributed by atoms with Crippen LogP contribution in [0.4, 0.5) is 11.4 Å². The van der Waals surface area contributed by atoms with Crippen LogP contribution >= 0.6 is 11.8 Å². The summed E-state index contributed by atoms with van der Waals surface area (Å²) < 4.78 is 0. The van der Waals surface area contributed by atoms with E-state index >= 15 is 0 Å². The molecule has 0 amide bonds. The van der Waals surface area contributed by atoms with E-state index in [1.54, 1.807) is 24.2 Å². The van der Waals surface area contributed by atoms with Crippen LogP contribution in [0.5, 0.6) is 5.75 Å². The Hall–Kier alpha value is -3.28. The molecular formula is C30H29N3OS. The first-order valence-electron chi connectivity index (χ1n) is 12.4. The number of phenols is 1. The van der Waals surface area contributed by atoms with Gasteiger partial charge in [0.1, 0.15) is 5.75 Å². The SMILES string of the molecule is Oc1cc(-c2ccncc2)cc2c1N(C1CCN(CCc3ccccc3)CC1)c1ccccc1S2. The number of phenolic OH excluding ortho intramolecular Hbond substituents is 1. The maximum Gasteiger partial charge on any atom is 0.141 e. The van der Waals surface area contributed by atoms with E-state index in [0.717, 1.165) is 60.6 Å². The molecule has 0 bridgehead atoms. The van der Waals surface area contributed by atoms with E-state index < -0.39 is 0 Å². The molecular weight excluding hydrogens is 450 g/mol. The maximum absolute atomic E-state index is 11.3. The topological polar surface area (TPSA) is 39.6 Å². The molecule has 0 spiro atoms. The molecule has 1 aromatic heterocycles. The largest absolute Gasteiger partial charge is 0.506 e. The average Bonchev–Trinajstić information content (AvgIpc) is 2.92. The summed E-state index contributed by atoms with van der Waals surface area (Å²) in [6.45, 7) is 3.25. The molecule has 4 nitrogen and oxygen atoms in total. The van der Waals surface area contributed by atoms with Crippen molar-refractivity contribution in [3.8, 4) is 16.9 Å². The Labute approximate surface area is 211 Å². The number of hydrogen-bond donors (Lipinski definition) is 1. The molecule has 3 heterocycles. The number of anilines is 2. The first-order valence-corrected chi connectivity index (χ1v) is 13.2. The summed E-state index contributed by atoms with van der Waals surface area (Å²) >= 11 is 1.75. The highest BCUT2D eigenvalue weighted by molar-refractivity contribution is 7.99. The Morgan fingerprint density at radius 3 is 2.37 bits per heavy atom. The first kappa shape index (κ1) is 22.2. The van der Waals surface area contributed by atoms with Gasteiger partial charge in [0.15, 0.2) is 0 Å². The number of rotatable bonds is 5. The van der Waals surface area contributed by atoms with Crippen molar-refractivity contribution in [2.45, 2.75) is 35.1 Å². The van der Waals surface area contributed by atoms with Crippen molar-refractivity contribution in [3.63, 3.8) is 0 Å². The van der Waals surface area contributed by atoms with Gasteiger partial charge in [-0.05, 0) is 72.4 Å². The number of para-hydroxylation sites is 1.